The molecule has 1 heterocycles. The molecule has 0 atom stereocenters. The van der Waals surface area contributed by atoms with Crippen LogP contribution in [0.25, 0.3) is 11.4 Å². The molecule has 156 valence electrons. The average molecular weight is 420 g/mol. The Balaban J connectivity index is 1.77. The summed E-state index contributed by atoms with van der Waals surface area (Å²) >= 11 is 0. The van der Waals surface area contributed by atoms with Crippen LogP contribution in [-0.2, 0) is 17.5 Å². The van der Waals surface area contributed by atoms with Gasteiger partial charge in [0, 0.05) is 11.6 Å². The summed E-state index contributed by atoms with van der Waals surface area (Å²) < 4.78 is 38.5. The first-order valence-corrected chi connectivity index (χ1v) is 8.55. The van der Waals surface area contributed by atoms with Gasteiger partial charge in [0.15, 0.2) is 0 Å². The molecule has 0 saturated carbocycles. The number of nitro benzene ring substituents is 1. The molecule has 0 saturated heterocycles. The van der Waals surface area contributed by atoms with E-state index in [4.69, 9.17) is 0 Å². The van der Waals surface area contributed by atoms with E-state index in [1.54, 1.807) is 13.8 Å². The molecular weight excluding hydrogens is 405 g/mol. The molecule has 3 aromatic rings. The number of aryl methyl sites for hydroxylation is 2. The van der Waals surface area contributed by atoms with Crippen LogP contribution in [0, 0.1) is 24.0 Å². The van der Waals surface area contributed by atoms with Crippen LogP contribution in [0.4, 0.5) is 24.5 Å². The van der Waals surface area contributed by atoms with E-state index >= 15 is 0 Å². The predicted octanol–water partition coefficient (Wildman–Crippen LogP) is 3.52. The minimum atomic E-state index is -4.52. The molecule has 0 unspecified atom stereocenters. The SMILES string of the molecule is Cc1cc(NC(=O)Cn2nnc(-c3cccc(C(F)(F)F)c3)n2)c([N+](=O)[O-])cc1C. The van der Waals surface area contributed by atoms with E-state index in [0.29, 0.717) is 5.56 Å². The van der Waals surface area contributed by atoms with Crippen LogP contribution in [0.5, 0.6) is 0 Å². The summed E-state index contributed by atoms with van der Waals surface area (Å²) in [4.78, 5) is 23.8. The van der Waals surface area contributed by atoms with Crippen molar-refractivity contribution in [3.63, 3.8) is 0 Å². The van der Waals surface area contributed by atoms with Crippen LogP contribution in [0.2, 0.25) is 0 Å². The van der Waals surface area contributed by atoms with Crippen LogP contribution >= 0.6 is 0 Å². The smallest absolute Gasteiger partial charge is 0.319 e. The van der Waals surface area contributed by atoms with Crippen molar-refractivity contribution in [1.29, 1.82) is 0 Å². The third-order valence-electron chi connectivity index (χ3n) is 4.27. The second-order valence-electron chi connectivity index (χ2n) is 6.48. The lowest BCUT2D eigenvalue weighted by Gasteiger charge is -2.08. The number of alkyl halides is 3. The second kappa shape index (κ2) is 7.89. The molecule has 1 amide bonds. The lowest BCUT2D eigenvalue weighted by molar-refractivity contribution is -0.384. The summed E-state index contributed by atoms with van der Waals surface area (Å²) in [6.07, 6.45) is -4.52. The van der Waals surface area contributed by atoms with Crippen LogP contribution in [0.1, 0.15) is 16.7 Å². The van der Waals surface area contributed by atoms with Crippen LogP contribution < -0.4 is 5.32 Å². The second-order valence-corrected chi connectivity index (χ2v) is 6.48. The number of nitro groups is 1. The number of carbonyl (C=O) groups excluding carboxylic acids is 1. The van der Waals surface area contributed by atoms with Gasteiger partial charge in [-0.2, -0.15) is 18.0 Å². The van der Waals surface area contributed by atoms with Gasteiger partial charge in [-0.05, 0) is 48.4 Å². The molecule has 1 aromatic heterocycles. The molecule has 1 N–H and O–H groups in total. The predicted molar refractivity (Wildman–Crippen MR) is 99.5 cm³/mol. The van der Waals surface area contributed by atoms with Crippen molar-refractivity contribution < 1.29 is 22.9 Å². The Morgan fingerprint density at radius 2 is 1.90 bits per heavy atom. The van der Waals surface area contributed by atoms with Crippen molar-refractivity contribution in [2.24, 2.45) is 0 Å². The molecule has 2 aromatic carbocycles. The van der Waals surface area contributed by atoms with E-state index < -0.39 is 29.1 Å². The Morgan fingerprint density at radius 3 is 2.57 bits per heavy atom. The molecular formula is C18H15F3N6O3. The molecule has 0 aliphatic rings. The highest BCUT2D eigenvalue weighted by atomic mass is 19.4. The maximum Gasteiger partial charge on any atom is 0.416 e. The number of rotatable bonds is 5. The third-order valence-corrected chi connectivity index (χ3v) is 4.27. The van der Waals surface area contributed by atoms with Gasteiger partial charge in [0.1, 0.15) is 12.2 Å². The zero-order valence-corrected chi connectivity index (χ0v) is 15.8. The van der Waals surface area contributed by atoms with Gasteiger partial charge in [-0.15, -0.1) is 10.2 Å². The highest BCUT2D eigenvalue weighted by Gasteiger charge is 2.30. The first-order chi connectivity index (χ1) is 14.0. The zero-order chi connectivity index (χ0) is 22.1. The van der Waals surface area contributed by atoms with Crippen LogP contribution in [0.15, 0.2) is 36.4 Å². The summed E-state index contributed by atoms with van der Waals surface area (Å²) in [5.74, 6) is -0.750. The molecule has 12 heteroatoms. The minimum Gasteiger partial charge on any atom is -0.319 e. The van der Waals surface area contributed by atoms with Crippen LogP contribution in [-0.4, -0.2) is 31.0 Å². The summed E-state index contributed by atoms with van der Waals surface area (Å²) in [6.45, 7) is 3.02. The van der Waals surface area contributed by atoms with Gasteiger partial charge >= 0.3 is 6.18 Å². The van der Waals surface area contributed by atoms with Gasteiger partial charge < -0.3 is 5.32 Å². The van der Waals surface area contributed by atoms with Gasteiger partial charge in [-0.25, -0.2) is 0 Å². The number of amides is 1. The maximum atomic E-state index is 12.8. The number of aromatic nitrogens is 4. The minimum absolute atomic E-state index is 0.0197. The molecule has 9 nitrogen and oxygen atoms in total. The number of carbonyl (C=O) groups is 1. The Bertz CT molecular complexity index is 1130. The number of benzene rings is 2. The van der Waals surface area contributed by atoms with Gasteiger partial charge in [-0.3, -0.25) is 14.9 Å². The summed E-state index contributed by atoms with van der Waals surface area (Å²) in [7, 11) is 0. The van der Waals surface area contributed by atoms with Gasteiger partial charge in [0.25, 0.3) is 5.69 Å². The summed E-state index contributed by atoms with van der Waals surface area (Å²) in [5, 5.41) is 24.9. The highest BCUT2D eigenvalue weighted by molar-refractivity contribution is 5.93. The van der Waals surface area contributed by atoms with Crippen molar-refractivity contribution >= 4 is 17.3 Å². The van der Waals surface area contributed by atoms with Crippen LogP contribution in [0.3, 0.4) is 0 Å². The van der Waals surface area contributed by atoms with E-state index in [1.165, 1.54) is 24.3 Å². The average Bonchev–Trinajstić information content (AvgIpc) is 3.12. The van der Waals surface area contributed by atoms with E-state index in [9.17, 15) is 28.1 Å². The van der Waals surface area contributed by atoms with E-state index in [0.717, 1.165) is 22.5 Å². The van der Waals surface area contributed by atoms with Crippen molar-refractivity contribution in [1.82, 2.24) is 20.2 Å². The molecule has 0 fully saturated rings. The summed E-state index contributed by atoms with van der Waals surface area (Å²) in [6, 6.07) is 7.22. The number of anilines is 1. The fourth-order valence-electron chi connectivity index (χ4n) is 2.63. The fraction of sp³-hybridized carbons (Fsp3) is 0.222. The Labute approximate surface area is 167 Å². The fourth-order valence-corrected chi connectivity index (χ4v) is 2.63. The van der Waals surface area contributed by atoms with E-state index in [-0.39, 0.29) is 22.8 Å². The Morgan fingerprint density at radius 1 is 1.20 bits per heavy atom. The van der Waals surface area contributed by atoms with Gasteiger partial charge in [0.2, 0.25) is 11.7 Å². The van der Waals surface area contributed by atoms with E-state index in [1.807, 2.05) is 0 Å². The first-order valence-electron chi connectivity index (χ1n) is 8.55. The largest absolute Gasteiger partial charge is 0.416 e. The molecule has 0 aliphatic heterocycles. The number of tetrazole rings is 1. The quantitative estimate of drug-likeness (QED) is 0.499. The summed E-state index contributed by atoms with van der Waals surface area (Å²) in [5.41, 5.74) is 0.427. The first kappa shape index (κ1) is 20.9. The van der Waals surface area contributed by atoms with Crippen molar-refractivity contribution in [3.8, 4) is 11.4 Å². The Hall–Kier alpha value is -3.83. The standard InChI is InChI=1S/C18H15F3N6O3/c1-10-6-14(15(27(29)30)7-11(10)2)22-16(28)9-26-24-17(23-25-26)12-4-3-5-13(8-12)18(19,20)21/h3-8H,9H2,1-2H3,(H,22,28). The highest BCUT2D eigenvalue weighted by Crippen LogP contribution is 2.31. The van der Waals surface area contributed by atoms with Crippen molar-refractivity contribution in [2.75, 3.05) is 5.32 Å². The lowest BCUT2D eigenvalue weighted by atomic mass is 10.1. The maximum absolute atomic E-state index is 12.8. The number of hydrogen-bond donors (Lipinski definition) is 1. The molecule has 0 spiro atoms. The van der Waals surface area contributed by atoms with Gasteiger partial charge in [-0.1, -0.05) is 12.1 Å². The third kappa shape index (κ3) is 4.59. The van der Waals surface area contributed by atoms with Crippen molar-refractivity contribution in [3.05, 3.63) is 63.2 Å². The molecule has 0 bridgehead atoms. The molecule has 0 aliphatic carbocycles. The number of nitrogens with one attached hydrogen (secondary N) is 1. The molecule has 0 radical (unpaired) electrons. The number of nitrogens with zero attached hydrogens (tertiary/aromatic N) is 5. The topological polar surface area (TPSA) is 116 Å². The Kier molecular flexibility index (Phi) is 5.49. The lowest BCUT2D eigenvalue weighted by Crippen LogP contribution is -2.21. The normalized spacial score (nSPS) is 11.4. The number of halogens is 3. The van der Waals surface area contributed by atoms with E-state index in [2.05, 4.69) is 20.7 Å². The molecule has 30 heavy (non-hydrogen) atoms. The number of hydrogen-bond acceptors (Lipinski definition) is 6. The molecule has 3 rings (SSSR count). The van der Waals surface area contributed by atoms with Crippen molar-refractivity contribution in [2.45, 2.75) is 26.6 Å². The monoisotopic (exact) mass is 420 g/mol. The zero-order valence-electron chi connectivity index (χ0n) is 15.8. The van der Waals surface area contributed by atoms with Gasteiger partial charge in [0.05, 0.1) is 10.5 Å².